The highest BCUT2D eigenvalue weighted by Gasteiger charge is 2.23. The van der Waals surface area contributed by atoms with Crippen LogP contribution in [0.2, 0.25) is 0 Å². The number of hydrogen-bond donors (Lipinski definition) is 0. The van der Waals surface area contributed by atoms with Gasteiger partial charge in [0.05, 0.1) is 37.2 Å². The van der Waals surface area contributed by atoms with E-state index in [-0.39, 0.29) is 53.1 Å². The fraction of sp³-hybridized carbons (Fsp3) is 0. The lowest BCUT2D eigenvalue weighted by molar-refractivity contribution is 0.669. The van der Waals surface area contributed by atoms with Crippen LogP contribution in [0.15, 0.2) is 192 Å². The van der Waals surface area contributed by atoms with Gasteiger partial charge in [0.1, 0.15) is 11.2 Å². The third-order valence-corrected chi connectivity index (χ3v) is 10.6. The van der Waals surface area contributed by atoms with Crippen LogP contribution in [-0.2, 0) is 0 Å². The average Bonchev–Trinajstić information content (AvgIpc) is 3.99. The molecule has 0 aliphatic heterocycles. The zero-order valence-electron chi connectivity index (χ0n) is 37.0. The van der Waals surface area contributed by atoms with E-state index >= 15 is 0 Å². The van der Waals surface area contributed by atoms with E-state index in [1.807, 2.05) is 137 Å². The summed E-state index contributed by atoms with van der Waals surface area (Å²) in [4.78, 5) is 14.8. The summed E-state index contributed by atoms with van der Waals surface area (Å²) in [5.74, 6) is 1.48. The Bertz CT molecular complexity index is 3870. The fourth-order valence-electron chi connectivity index (χ4n) is 8.10. The Balaban J connectivity index is 1.18. The minimum Gasteiger partial charge on any atom is -0.455 e. The second-order valence-electron chi connectivity index (χ2n) is 13.9. The van der Waals surface area contributed by atoms with Gasteiger partial charge in [-0.1, -0.05) is 139 Å². The Labute approximate surface area is 336 Å². The summed E-state index contributed by atoms with van der Waals surface area (Å²) in [6, 6.07) is 44.4. The van der Waals surface area contributed by atoms with Crippen LogP contribution in [0.4, 0.5) is 0 Å². The molecule has 0 aliphatic rings. The maximum atomic E-state index is 9.58. The minimum absolute atomic E-state index is 0.000495. The van der Waals surface area contributed by atoms with Crippen molar-refractivity contribution < 1.29 is 14.0 Å². The van der Waals surface area contributed by atoms with E-state index in [4.69, 9.17) is 24.9 Å². The van der Waals surface area contributed by atoms with E-state index in [9.17, 15) is 4.11 Å². The molecule has 0 atom stereocenters. The van der Waals surface area contributed by atoms with Crippen LogP contribution in [0, 0.1) is 0 Å². The van der Waals surface area contributed by atoms with Crippen LogP contribution in [-0.4, -0.2) is 24.1 Å². The van der Waals surface area contributed by atoms with Crippen molar-refractivity contribution in [2.45, 2.75) is 0 Å². The van der Waals surface area contributed by atoms with Crippen molar-refractivity contribution in [1.29, 1.82) is 0 Å². The second kappa shape index (κ2) is 12.3. The smallest absolute Gasteiger partial charge is 0.167 e. The van der Waals surface area contributed by atoms with Gasteiger partial charge in [0.15, 0.2) is 17.5 Å². The molecule has 0 saturated heterocycles. The van der Waals surface area contributed by atoms with Gasteiger partial charge in [-0.3, -0.25) is 0 Å². The molecule has 4 heterocycles. The summed E-state index contributed by atoms with van der Waals surface area (Å²) in [6.45, 7) is 0. The number of para-hydroxylation sites is 4. The monoisotopic (exact) mass is 736 g/mol. The van der Waals surface area contributed by atoms with Gasteiger partial charge in [-0.05, 0) is 48.5 Å². The van der Waals surface area contributed by atoms with E-state index in [0.717, 1.165) is 21.9 Å². The van der Waals surface area contributed by atoms with Crippen LogP contribution in [0.1, 0.15) is 9.60 Å². The van der Waals surface area contributed by atoms with Crippen LogP contribution in [0.25, 0.3) is 111 Å². The summed E-state index contributed by atoms with van der Waals surface area (Å²) in [6.07, 6.45) is 0. The molecule has 0 bridgehead atoms. The van der Waals surface area contributed by atoms with Crippen LogP contribution >= 0.6 is 0 Å². The molecule has 0 N–H and O–H groups in total. The molecule has 8 aromatic carbocycles. The van der Waals surface area contributed by atoms with Crippen molar-refractivity contribution in [2.24, 2.45) is 0 Å². The van der Waals surface area contributed by atoms with Crippen molar-refractivity contribution in [1.82, 2.24) is 24.1 Å². The molecule has 0 amide bonds. The molecule has 4 aromatic heterocycles. The molecule has 266 valence electrons. The molecule has 0 spiro atoms. The molecule has 0 unspecified atom stereocenters. The van der Waals surface area contributed by atoms with Gasteiger partial charge in [0.2, 0.25) is 0 Å². The molecular weight excluding hydrogens is 699 g/mol. The lowest BCUT2D eigenvalue weighted by atomic mass is 10.1. The third-order valence-electron chi connectivity index (χ3n) is 10.6. The second-order valence-corrected chi connectivity index (χ2v) is 13.9. The molecular formula is C51H31N5O. The third kappa shape index (κ3) is 4.81. The van der Waals surface area contributed by atoms with Crippen molar-refractivity contribution in [3.8, 4) is 45.5 Å². The van der Waals surface area contributed by atoms with Crippen LogP contribution < -0.4 is 0 Å². The number of fused-ring (bicyclic) bond motifs is 10. The van der Waals surface area contributed by atoms with Gasteiger partial charge in [-0.2, -0.15) is 0 Å². The summed E-state index contributed by atoms with van der Waals surface area (Å²) >= 11 is 0. The van der Waals surface area contributed by atoms with E-state index in [1.54, 1.807) is 6.07 Å². The normalized spacial score (nSPS) is 13.6. The predicted octanol–water partition coefficient (Wildman–Crippen LogP) is 13.0. The molecule has 0 aliphatic carbocycles. The predicted molar refractivity (Wildman–Crippen MR) is 232 cm³/mol. The van der Waals surface area contributed by atoms with E-state index < -0.39 is 0 Å². The highest BCUT2D eigenvalue weighted by molar-refractivity contribution is 6.24. The van der Waals surface area contributed by atoms with Crippen molar-refractivity contribution in [3.05, 3.63) is 188 Å². The topological polar surface area (TPSA) is 61.7 Å². The summed E-state index contributed by atoms with van der Waals surface area (Å²) in [5.41, 5.74) is 6.46. The summed E-state index contributed by atoms with van der Waals surface area (Å²) in [7, 11) is 0. The van der Waals surface area contributed by atoms with E-state index in [1.165, 1.54) is 12.1 Å². The maximum Gasteiger partial charge on any atom is 0.167 e. The largest absolute Gasteiger partial charge is 0.455 e. The highest BCUT2D eigenvalue weighted by Crippen LogP contribution is 2.43. The molecule has 0 saturated carbocycles. The number of benzene rings is 8. The van der Waals surface area contributed by atoms with Crippen molar-refractivity contribution in [3.63, 3.8) is 0 Å². The van der Waals surface area contributed by atoms with Gasteiger partial charge in [0, 0.05) is 54.8 Å². The first-order valence-electron chi connectivity index (χ1n) is 22.0. The number of rotatable bonds is 5. The molecule has 6 heteroatoms. The quantitative estimate of drug-likeness (QED) is 0.176. The molecule has 0 fully saturated rings. The number of hydrogen-bond acceptors (Lipinski definition) is 4. The molecule has 0 radical (unpaired) electrons. The number of furan rings is 1. The number of aromatic nitrogens is 5. The Hall–Kier alpha value is -7.83. The lowest BCUT2D eigenvalue weighted by Crippen LogP contribution is -2.00. The standard InChI is InChI=1S/C51H31N5O/c1-4-15-32(16-5-1)49-52-50(33-17-6-2-7-18-33)54-51(53-49)41-24-14-23-40-42-31-35(27-30-45(42)57-48(40)41)56-44-26-13-11-22-37(44)39-29-28-38-36-21-10-12-25-43(36)55(46(38)47(39)56)34-19-8-3-9-20-34/h1-31H/i10D,11D,21D,25D,26D,28D,29D. The number of nitrogens with zero attached hydrogens (tertiary/aromatic N) is 5. The van der Waals surface area contributed by atoms with E-state index in [0.29, 0.717) is 78.4 Å². The van der Waals surface area contributed by atoms with Gasteiger partial charge in [-0.15, -0.1) is 0 Å². The van der Waals surface area contributed by atoms with Crippen molar-refractivity contribution in [2.75, 3.05) is 0 Å². The van der Waals surface area contributed by atoms with E-state index in [2.05, 4.69) is 0 Å². The van der Waals surface area contributed by atoms with Gasteiger partial charge < -0.3 is 13.6 Å². The molecule has 12 rings (SSSR count). The Morgan fingerprint density at radius 1 is 0.421 bits per heavy atom. The van der Waals surface area contributed by atoms with Crippen molar-refractivity contribution >= 4 is 65.6 Å². The average molecular weight is 737 g/mol. The summed E-state index contributed by atoms with van der Waals surface area (Å²) in [5, 5.41) is 2.85. The Kier molecular flexibility index (Phi) is 5.48. The lowest BCUT2D eigenvalue weighted by Gasteiger charge is -2.12. The van der Waals surface area contributed by atoms with Gasteiger partial charge in [0.25, 0.3) is 0 Å². The molecule has 12 aromatic rings. The maximum absolute atomic E-state index is 9.58. The zero-order valence-corrected chi connectivity index (χ0v) is 30.0. The SMILES string of the molecule is [2H]c1cc([2H])c2c(c1)c1c([2H])c([2H])c3c4c([2H])c([2H])cc([2H])c4n(-c4ccccc4)c3c1n2-c1ccc2oc3c(-c4nc(-c5ccccc5)nc(-c5ccccc5)n4)cccc3c2c1. The van der Waals surface area contributed by atoms with Crippen LogP contribution in [0.3, 0.4) is 0 Å². The molecule has 6 nitrogen and oxygen atoms in total. The first-order chi connectivity index (χ1) is 31.2. The zero-order chi connectivity index (χ0) is 43.5. The first-order valence-corrected chi connectivity index (χ1v) is 18.5. The Morgan fingerprint density at radius 3 is 1.75 bits per heavy atom. The molecule has 57 heavy (non-hydrogen) atoms. The minimum atomic E-state index is -0.172. The van der Waals surface area contributed by atoms with Crippen LogP contribution in [0.5, 0.6) is 0 Å². The highest BCUT2D eigenvalue weighted by atomic mass is 16.3. The Morgan fingerprint density at radius 2 is 1.04 bits per heavy atom. The fourth-order valence-corrected chi connectivity index (χ4v) is 8.10. The van der Waals surface area contributed by atoms with Gasteiger partial charge >= 0.3 is 0 Å². The van der Waals surface area contributed by atoms with Gasteiger partial charge in [-0.25, -0.2) is 15.0 Å². The summed E-state index contributed by atoms with van der Waals surface area (Å²) < 4.78 is 74.5. The first kappa shape index (κ1) is 25.3.